The third-order valence-corrected chi connectivity index (χ3v) is 4.68. The molecule has 0 unspecified atom stereocenters. The fraction of sp³-hybridized carbons (Fsp3) is 0.300. The van der Waals surface area contributed by atoms with E-state index in [9.17, 15) is 9.59 Å². The minimum Gasteiger partial charge on any atom is -0.354 e. The Hall–Kier alpha value is -2.27. The highest BCUT2D eigenvalue weighted by Gasteiger charge is 2.07. The summed E-state index contributed by atoms with van der Waals surface area (Å²) in [6.07, 6.45) is 0. The number of nitrogens with one attached hydrogen (secondary N) is 2. The summed E-state index contributed by atoms with van der Waals surface area (Å²) in [6, 6.07) is 17.9. The van der Waals surface area contributed by atoms with Crippen LogP contribution in [-0.2, 0) is 10.5 Å². The predicted molar refractivity (Wildman–Crippen MR) is 103 cm³/mol. The van der Waals surface area contributed by atoms with E-state index >= 15 is 0 Å². The van der Waals surface area contributed by atoms with Gasteiger partial charge in [-0.25, -0.2) is 0 Å². The Balaban J connectivity index is 1.75. The van der Waals surface area contributed by atoms with Crippen molar-refractivity contribution < 1.29 is 9.59 Å². The molecule has 0 radical (unpaired) electrons. The lowest BCUT2D eigenvalue weighted by Crippen LogP contribution is -2.36. The zero-order valence-corrected chi connectivity index (χ0v) is 15.4. The molecular weight excluding hydrogens is 332 g/mol. The maximum Gasteiger partial charge on any atom is 0.251 e. The van der Waals surface area contributed by atoms with E-state index in [-0.39, 0.29) is 17.7 Å². The molecular formula is C20H24N2O2S. The topological polar surface area (TPSA) is 58.2 Å². The number of amides is 2. The molecule has 0 spiro atoms. The molecule has 0 aliphatic carbocycles. The number of carbonyl (C=O) groups is 2. The zero-order chi connectivity index (χ0) is 18.1. The van der Waals surface area contributed by atoms with Gasteiger partial charge in [0.2, 0.25) is 5.91 Å². The van der Waals surface area contributed by atoms with Gasteiger partial charge in [0, 0.05) is 35.2 Å². The fourth-order valence-electron chi connectivity index (χ4n) is 2.10. The second-order valence-electron chi connectivity index (χ2n) is 6.00. The SMILES string of the molecule is CC(C)C(=O)NCCNC(=O)c1ccc(CSc2ccccc2)cc1. The molecule has 0 aliphatic heterocycles. The highest BCUT2D eigenvalue weighted by atomic mass is 32.2. The minimum absolute atomic E-state index is 0.00508. The van der Waals surface area contributed by atoms with E-state index < -0.39 is 0 Å². The van der Waals surface area contributed by atoms with E-state index in [0.717, 1.165) is 5.75 Å². The van der Waals surface area contributed by atoms with E-state index in [1.165, 1.54) is 10.5 Å². The first-order chi connectivity index (χ1) is 12.1. The molecule has 2 amide bonds. The Kier molecular flexibility index (Phi) is 7.54. The molecule has 0 bridgehead atoms. The maximum atomic E-state index is 12.1. The second-order valence-corrected chi connectivity index (χ2v) is 7.05. The van der Waals surface area contributed by atoms with E-state index in [0.29, 0.717) is 18.7 Å². The van der Waals surface area contributed by atoms with Crippen LogP contribution in [0, 0.1) is 5.92 Å². The minimum atomic E-state index is -0.124. The van der Waals surface area contributed by atoms with Gasteiger partial charge in [0.25, 0.3) is 5.91 Å². The third kappa shape index (κ3) is 6.63. The number of hydrogen-bond donors (Lipinski definition) is 2. The van der Waals surface area contributed by atoms with E-state index in [4.69, 9.17) is 0 Å². The van der Waals surface area contributed by atoms with Crippen molar-refractivity contribution in [1.82, 2.24) is 10.6 Å². The first kappa shape index (κ1) is 19.1. The Morgan fingerprint density at radius 3 is 2.20 bits per heavy atom. The lowest BCUT2D eigenvalue weighted by Gasteiger charge is -2.09. The highest BCUT2D eigenvalue weighted by molar-refractivity contribution is 7.98. The van der Waals surface area contributed by atoms with E-state index in [1.54, 1.807) is 11.8 Å². The van der Waals surface area contributed by atoms with Gasteiger partial charge in [0.1, 0.15) is 0 Å². The summed E-state index contributed by atoms with van der Waals surface area (Å²) in [7, 11) is 0. The van der Waals surface area contributed by atoms with Crippen LogP contribution >= 0.6 is 11.8 Å². The average Bonchev–Trinajstić information content (AvgIpc) is 2.64. The predicted octanol–water partition coefficient (Wildman–Crippen LogP) is 3.48. The molecule has 4 nitrogen and oxygen atoms in total. The molecule has 132 valence electrons. The van der Waals surface area contributed by atoms with Crippen LogP contribution in [0.1, 0.15) is 29.8 Å². The van der Waals surface area contributed by atoms with Crippen molar-refractivity contribution in [2.45, 2.75) is 24.5 Å². The van der Waals surface area contributed by atoms with Crippen LogP contribution < -0.4 is 10.6 Å². The van der Waals surface area contributed by atoms with Crippen LogP contribution in [0.25, 0.3) is 0 Å². The van der Waals surface area contributed by atoms with Gasteiger partial charge in [-0.1, -0.05) is 44.2 Å². The average molecular weight is 356 g/mol. The number of benzene rings is 2. The van der Waals surface area contributed by atoms with Gasteiger partial charge in [0.05, 0.1) is 0 Å². The van der Waals surface area contributed by atoms with Gasteiger partial charge in [-0.2, -0.15) is 0 Å². The molecule has 0 fully saturated rings. The van der Waals surface area contributed by atoms with Crippen molar-refractivity contribution in [2.75, 3.05) is 13.1 Å². The third-order valence-electron chi connectivity index (χ3n) is 3.60. The molecule has 5 heteroatoms. The van der Waals surface area contributed by atoms with Gasteiger partial charge < -0.3 is 10.6 Å². The van der Waals surface area contributed by atoms with Gasteiger partial charge in [0.15, 0.2) is 0 Å². The van der Waals surface area contributed by atoms with Crippen LogP contribution in [0.15, 0.2) is 59.5 Å². The normalized spacial score (nSPS) is 10.5. The molecule has 0 saturated heterocycles. The first-order valence-corrected chi connectivity index (χ1v) is 9.37. The van der Waals surface area contributed by atoms with Crippen molar-refractivity contribution in [1.29, 1.82) is 0 Å². The molecule has 0 aliphatic rings. The Morgan fingerprint density at radius 1 is 0.920 bits per heavy atom. The van der Waals surface area contributed by atoms with E-state index in [1.807, 2.05) is 56.3 Å². The summed E-state index contributed by atoms with van der Waals surface area (Å²) in [6.45, 7) is 4.54. The van der Waals surface area contributed by atoms with Gasteiger partial charge in [-0.3, -0.25) is 9.59 Å². The van der Waals surface area contributed by atoms with Gasteiger partial charge in [-0.05, 0) is 29.8 Å². The van der Waals surface area contributed by atoms with Crippen molar-refractivity contribution in [3.8, 4) is 0 Å². The molecule has 0 saturated carbocycles. The first-order valence-electron chi connectivity index (χ1n) is 8.39. The summed E-state index contributed by atoms with van der Waals surface area (Å²) >= 11 is 1.77. The second kappa shape index (κ2) is 9.89. The van der Waals surface area contributed by atoms with Gasteiger partial charge >= 0.3 is 0 Å². The molecule has 2 rings (SSSR count). The molecule has 0 atom stereocenters. The molecule has 0 heterocycles. The van der Waals surface area contributed by atoms with Crippen LogP contribution in [0.4, 0.5) is 0 Å². The number of rotatable bonds is 8. The Morgan fingerprint density at radius 2 is 1.56 bits per heavy atom. The molecule has 2 N–H and O–H groups in total. The van der Waals surface area contributed by atoms with Crippen molar-refractivity contribution in [3.05, 3.63) is 65.7 Å². The molecule has 2 aromatic carbocycles. The fourth-order valence-corrected chi connectivity index (χ4v) is 2.98. The Bertz CT molecular complexity index is 685. The maximum absolute atomic E-state index is 12.1. The van der Waals surface area contributed by atoms with Crippen LogP contribution in [0.5, 0.6) is 0 Å². The number of hydrogen-bond acceptors (Lipinski definition) is 3. The number of thioether (sulfide) groups is 1. The largest absolute Gasteiger partial charge is 0.354 e. The Labute approximate surface area is 153 Å². The van der Waals surface area contributed by atoms with Crippen molar-refractivity contribution >= 4 is 23.6 Å². The highest BCUT2D eigenvalue weighted by Crippen LogP contribution is 2.22. The van der Waals surface area contributed by atoms with Crippen LogP contribution in [0.2, 0.25) is 0 Å². The standard InChI is InChI=1S/C20H24N2O2S/c1-15(2)19(23)21-12-13-22-20(24)17-10-8-16(9-11-17)14-25-18-6-4-3-5-7-18/h3-11,15H,12-14H2,1-2H3,(H,21,23)(H,22,24). The summed E-state index contributed by atoms with van der Waals surface area (Å²) in [5, 5.41) is 5.59. The molecule has 0 aromatic heterocycles. The van der Waals surface area contributed by atoms with Gasteiger partial charge in [-0.15, -0.1) is 11.8 Å². The quantitative estimate of drug-likeness (QED) is 0.562. The molecule has 25 heavy (non-hydrogen) atoms. The summed E-state index contributed by atoms with van der Waals surface area (Å²) in [4.78, 5) is 24.7. The van der Waals surface area contributed by atoms with E-state index in [2.05, 4.69) is 22.8 Å². The smallest absolute Gasteiger partial charge is 0.251 e. The number of carbonyl (C=O) groups excluding carboxylic acids is 2. The lowest BCUT2D eigenvalue weighted by atomic mass is 10.1. The zero-order valence-electron chi connectivity index (χ0n) is 14.6. The monoisotopic (exact) mass is 356 g/mol. The van der Waals surface area contributed by atoms with Crippen molar-refractivity contribution in [2.24, 2.45) is 5.92 Å². The van der Waals surface area contributed by atoms with Crippen LogP contribution in [-0.4, -0.2) is 24.9 Å². The summed E-state index contributed by atoms with van der Waals surface area (Å²) in [5.74, 6) is 0.695. The summed E-state index contributed by atoms with van der Waals surface area (Å²) in [5.41, 5.74) is 1.80. The van der Waals surface area contributed by atoms with Crippen molar-refractivity contribution in [3.63, 3.8) is 0 Å². The molecule has 2 aromatic rings. The lowest BCUT2D eigenvalue weighted by molar-refractivity contribution is -0.123. The van der Waals surface area contributed by atoms with Crippen LogP contribution in [0.3, 0.4) is 0 Å². The summed E-state index contributed by atoms with van der Waals surface area (Å²) < 4.78 is 0.